The molecule has 4 aromatic rings. The molecule has 0 saturated heterocycles. The van der Waals surface area contributed by atoms with E-state index in [0.717, 1.165) is 62.5 Å². The molecular weight excluding hydrogens is 596 g/mol. The maximum Gasteiger partial charge on any atom is 0.412 e. The number of ether oxygens (including phenoxy) is 3. The van der Waals surface area contributed by atoms with Gasteiger partial charge in [0.05, 0.1) is 0 Å². The second kappa shape index (κ2) is 14.9. The molecular formula is C38H40N2O7. The van der Waals surface area contributed by atoms with E-state index < -0.39 is 12.2 Å². The first-order chi connectivity index (χ1) is 22.9. The van der Waals surface area contributed by atoms with Crippen LogP contribution in [0.15, 0.2) is 84.9 Å². The summed E-state index contributed by atoms with van der Waals surface area (Å²) in [5.74, 6) is 1.88. The average Bonchev–Trinajstić information content (AvgIpc) is 3.08. The van der Waals surface area contributed by atoms with Crippen molar-refractivity contribution in [2.75, 3.05) is 0 Å². The lowest BCUT2D eigenvalue weighted by Gasteiger charge is -2.22. The zero-order valence-electron chi connectivity index (χ0n) is 26.2. The number of rotatable bonds is 8. The Hall–Kier alpha value is -5.18. The van der Waals surface area contributed by atoms with E-state index in [0.29, 0.717) is 34.1 Å². The Balaban J connectivity index is 1.28. The molecule has 2 aliphatic carbocycles. The summed E-state index contributed by atoms with van der Waals surface area (Å²) in [4.78, 5) is 25.5. The van der Waals surface area contributed by atoms with Crippen molar-refractivity contribution in [2.24, 2.45) is 0 Å². The Kier molecular flexibility index (Phi) is 10.1. The lowest BCUT2D eigenvalue weighted by atomic mass is 9.96. The van der Waals surface area contributed by atoms with Gasteiger partial charge < -0.3 is 35.1 Å². The van der Waals surface area contributed by atoms with Gasteiger partial charge in [0, 0.05) is 23.2 Å². The number of carbonyl (C=O) groups excluding carboxylic acids is 2. The summed E-state index contributed by atoms with van der Waals surface area (Å²) in [5.41, 5.74) is 2.75. The van der Waals surface area contributed by atoms with Crippen LogP contribution >= 0.6 is 0 Å². The Morgan fingerprint density at radius 1 is 0.532 bits per heavy atom. The third-order valence-corrected chi connectivity index (χ3v) is 8.75. The van der Waals surface area contributed by atoms with Crippen molar-refractivity contribution in [3.05, 3.63) is 84.9 Å². The molecule has 9 nitrogen and oxygen atoms in total. The molecule has 6 rings (SSSR count). The fourth-order valence-electron chi connectivity index (χ4n) is 6.27. The van der Waals surface area contributed by atoms with Gasteiger partial charge in [-0.05, 0) is 97.5 Å². The van der Waals surface area contributed by atoms with E-state index in [2.05, 4.69) is 10.6 Å². The topological polar surface area (TPSA) is 126 Å². The van der Waals surface area contributed by atoms with Gasteiger partial charge in [0.15, 0.2) is 0 Å². The van der Waals surface area contributed by atoms with Gasteiger partial charge in [-0.25, -0.2) is 9.59 Å². The van der Waals surface area contributed by atoms with Crippen LogP contribution in [0.2, 0.25) is 0 Å². The summed E-state index contributed by atoms with van der Waals surface area (Å²) in [5, 5.41) is 25.8. The highest BCUT2D eigenvalue weighted by Gasteiger charge is 2.20. The monoisotopic (exact) mass is 636 g/mol. The van der Waals surface area contributed by atoms with Crippen molar-refractivity contribution in [1.29, 1.82) is 0 Å². The molecule has 244 valence electrons. The SMILES string of the molecule is O=C(NC1CCCCC1)Oc1ccc(Oc2ccc(OC(=O)NC3CCCCC3)cc2-c2ccc(O)cc2)c(-c2ccc(O)cc2)c1. The minimum Gasteiger partial charge on any atom is -0.508 e. The molecule has 47 heavy (non-hydrogen) atoms. The number of phenols is 2. The summed E-state index contributed by atoms with van der Waals surface area (Å²) < 4.78 is 17.9. The van der Waals surface area contributed by atoms with Gasteiger partial charge in [0.25, 0.3) is 0 Å². The number of aromatic hydroxyl groups is 2. The highest BCUT2D eigenvalue weighted by atomic mass is 16.6. The molecule has 0 aliphatic heterocycles. The first kappa shape index (κ1) is 31.8. The molecule has 0 bridgehead atoms. The summed E-state index contributed by atoms with van der Waals surface area (Å²) >= 11 is 0. The van der Waals surface area contributed by atoms with E-state index in [1.165, 1.54) is 12.8 Å². The molecule has 0 radical (unpaired) electrons. The van der Waals surface area contributed by atoms with Crippen molar-refractivity contribution >= 4 is 12.2 Å². The van der Waals surface area contributed by atoms with Gasteiger partial charge in [-0.2, -0.15) is 0 Å². The zero-order chi connectivity index (χ0) is 32.6. The number of carbonyl (C=O) groups is 2. The standard InChI is InChI=1S/C38H40N2O7/c41-29-15-11-25(12-16-29)33-23-31(45-37(43)39-27-7-3-1-4-8-27)19-21-35(33)47-36-22-20-32(24-34(36)26-13-17-30(42)18-14-26)46-38(44)40-28-9-5-2-6-10-28/h11-24,27-28,41-42H,1-10H2,(H,39,43)(H,40,44). The number of phenolic OH excluding ortho intramolecular Hbond substituents is 2. The van der Waals surface area contributed by atoms with Crippen LogP contribution in [-0.4, -0.2) is 34.5 Å². The maximum absolute atomic E-state index is 12.7. The lowest BCUT2D eigenvalue weighted by molar-refractivity contribution is 0.191. The van der Waals surface area contributed by atoms with Crippen LogP contribution < -0.4 is 24.8 Å². The van der Waals surface area contributed by atoms with Crippen LogP contribution in [0.25, 0.3) is 22.3 Å². The van der Waals surface area contributed by atoms with E-state index in [1.54, 1.807) is 84.9 Å². The van der Waals surface area contributed by atoms with E-state index in [-0.39, 0.29) is 23.6 Å². The zero-order valence-corrected chi connectivity index (χ0v) is 26.2. The summed E-state index contributed by atoms with van der Waals surface area (Å²) in [6, 6.07) is 23.8. The molecule has 0 unspecified atom stereocenters. The van der Waals surface area contributed by atoms with Crippen LogP contribution in [-0.2, 0) is 0 Å². The van der Waals surface area contributed by atoms with Crippen molar-refractivity contribution in [3.63, 3.8) is 0 Å². The van der Waals surface area contributed by atoms with Gasteiger partial charge in [0.1, 0.15) is 34.5 Å². The Labute approximate surface area is 274 Å². The van der Waals surface area contributed by atoms with E-state index in [4.69, 9.17) is 14.2 Å². The number of nitrogens with one attached hydrogen (secondary N) is 2. The van der Waals surface area contributed by atoms with Crippen LogP contribution in [0.3, 0.4) is 0 Å². The van der Waals surface area contributed by atoms with Gasteiger partial charge in [0.2, 0.25) is 0 Å². The van der Waals surface area contributed by atoms with Crippen LogP contribution in [0.5, 0.6) is 34.5 Å². The fourth-order valence-corrected chi connectivity index (χ4v) is 6.27. The second-order valence-corrected chi connectivity index (χ2v) is 12.2. The third-order valence-electron chi connectivity index (χ3n) is 8.75. The van der Waals surface area contributed by atoms with E-state index in [1.807, 2.05) is 0 Å². The van der Waals surface area contributed by atoms with E-state index >= 15 is 0 Å². The smallest absolute Gasteiger partial charge is 0.412 e. The number of amides is 2. The summed E-state index contributed by atoms with van der Waals surface area (Å²) in [6.07, 6.45) is 9.51. The van der Waals surface area contributed by atoms with Gasteiger partial charge in [-0.15, -0.1) is 0 Å². The lowest BCUT2D eigenvalue weighted by Crippen LogP contribution is -2.38. The molecule has 2 amide bonds. The predicted octanol–water partition coefficient (Wildman–Crippen LogP) is 9.07. The molecule has 2 aliphatic rings. The van der Waals surface area contributed by atoms with Crippen molar-refractivity contribution in [1.82, 2.24) is 10.6 Å². The average molecular weight is 637 g/mol. The molecule has 4 aromatic carbocycles. The molecule has 2 fully saturated rings. The normalized spacial score (nSPS) is 15.4. The molecule has 9 heteroatoms. The van der Waals surface area contributed by atoms with Gasteiger partial charge in [-0.1, -0.05) is 62.8 Å². The van der Waals surface area contributed by atoms with Crippen molar-refractivity contribution < 1.29 is 34.0 Å². The minimum atomic E-state index is -0.500. The quantitative estimate of drug-likeness (QED) is 0.152. The molecule has 0 atom stereocenters. The van der Waals surface area contributed by atoms with Gasteiger partial charge in [-0.3, -0.25) is 0 Å². The molecule has 0 aromatic heterocycles. The molecule has 4 N–H and O–H groups in total. The summed E-state index contributed by atoms with van der Waals surface area (Å²) in [7, 11) is 0. The second-order valence-electron chi connectivity index (χ2n) is 12.2. The molecule has 2 saturated carbocycles. The van der Waals surface area contributed by atoms with E-state index in [9.17, 15) is 19.8 Å². The molecule has 0 heterocycles. The van der Waals surface area contributed by atoms with Crippen molar-refractivity contribution in [3.8, 4) is 56.8 Å². The van der Waals surface area contributed by atoms with Crippen LogP contribution in [0.1, 0.15) is 64.2 Å². The highest BCUT2D eigenvalue weighted by Crippen LogP contribution is 2.41. The highest BCUT2D eigenvalue weighted by molar-refractivity contribution is 5.79. The Morgan fingerprint density at radius 2 is 0.915 bits per heavy atom. The maximum atomic E-state index is 12.7. The van der Waals surface area contributed by atoms with Crippen LogP contribution in [0, 0.1) is 0 Å². The van der Waals surface area contributed by atoms with Crippen molar-refractivity contribution in [2.45, 2.75) is 76.3 Å². The number of benzene rings is 4. The Morgan fingerprint density at radius 3 is 1.30 bits per heavy atom. The predicted molar refractivity (Wildman–Crippen MR) is 179 cm³/mol. The fraction of sp³-hybridized carbons (Fsp3) is 0.316. The third kappa shape index (κ3) is 8.55. The first-order valence-electron chi connectivity index (χ1n) is 16.4. The molecule has 0 spiro atoms. The van der Waals surface area contributed by atoms with Gasteiger partial charge >= 0.3 is 12.2 Å². The minimum absolute atomic E-state index is 0.110. The van der Waals surface area contributed by atoms with Crippen LogP contribution in [0.4, 0.5) is 9.59 Å². The summed E-state index contributed by atoms with van der Waals surface area (Å²) in [6.45, 7) is 0. The first-order valence-corrected chi connectivity index (χ1v) is 16.4. The largest absolute Gasteiger partial charge is 0.508 e. The number of hydrogen-bond acceptors (Lipinski definition) is 7. The number of hydrogen-bond donors (Lipinski definition) is 4. The Bertz CT molecular complexity index is 1550.